The number of carbonyl (C=O) groups is 1. The zero-order valence-corrected chi connectivity index (χ0v) is 19.4. The number of carbonyl (C=O) groups excluding carboxylic acids is 1. The van der Waals surface area contributed by atoms with E-state index in [1.807, 2.05) is 42.5 Å². The predicted molar refractivity (Wildman–Crippen MR) is 132 cm³/mol. The molecule has 0 atom stereocenters. The summed E-state index contributed by atoms with van der Waals surface area (Å²) in [7, 11) is 0. The molecule has 0 spiro atoms. The molecule has 0 saturated carbocycles. The van der Waals surface area contributed by atoms with Crippen molar-refractivity contribution in [2.75, 3.05) is 18.4 Å². The molecule has 32 heavy (non-hydrogen) atoms. The van der Waals surface area contributed by atoms with Gasteiger partial charge in [0.25, 0.3) is 5.91 Å². The lowest BCUT2D eigenvalue weighted by molar-refractivity contribution is 0.0955. The first kappa shape index (κ1) is 22.0. The fraction of sp³-hybridized carbons (Fsp3) is 0.130. The number of hydrogen-bond donors (Lipinski definition) is 2. The maximum absolute atomic E-state index is 12.4. The van der Waals surface area contributed by atoms with Crippen LogP contribution < -0.4 is 10.6 Å². The van der Waals surface area contributed by atoms with Crippen LogP contribution in [0.1, 0.15) is 15.9 Å². The van der Waals surface area contributed by atoms with Crippen molar-refractivity contribution in [1.29, 1.82) is 0 Å². The summed E-state index contributed by atoms with van der Waals surface area (Å²) in [5.41, 5.74) is 3.84. The lowest BCUT2D eigenvalue weighted by Crippen LogP contribution is -2.29. The zero-order valence-electron chi connectivity index (χ0n) is 17.1. The van der Waals surface area contributed by atoms with Crippen molar-refractivity contribution in [3.8, 4) is 11.3 Å². The number of fused-ring (bicyclic) bond motifs is 1. The number of halogens is 2. The van der Waals surface area contributed by atoms with E-state index in [9.17, 15) is 4.79 Å². The second-order valence-electron chi connectivity index (χ2n) is 7.00. The molecular formula is C23H20BrClN6O. The number of nitrogens with one attached hydrogen (secondary N) is 2. The topological polar surface area (TPSA) is 83.7 Å². The van der Waals surface area contributed by atoms with Gasteiger partial charge in [-0.25, -0.2) is 4.98 Å². The summed E-state index contributed by atoms with van der Waals surface area (Å²) in [6.07, 6.45) is 1.69. The summed E-state index contributed by atoms with van der Waals surface area (Å²) in [4.78, 5) is 20.9. The summed E-state index contributed by atoms with van der Waals surface area (Å²) in [5, 5.41) is 11.2. The Kier molecular flexibility index (Phi) is 6.82. The third-order valence-corrected chi connectivity index (χ3v) is 5.69. The van der Waals surface area contributed by atoms with Crippen LogP contribution in [0.15, 0.2) is 70.3 Å². The van der Waals surface area contributed by atoms with Gasteiger partial charge in [0.2, 0.25) is 0 Å². The molecule has 7 nitrogen and oxygen atoms in total. The highest BCUT2D eigenvalue weighted by molar-refractivity contribution is 9.10. The van der Waals surface area contributed by atoms with Crippen LogP contribution in [0.3, 0.4) is 0 Å². The van der Waals surface area contributed by atoms with Gasteiger partial charge in [-0.2, -0.15) is 9.61 Å². The first-order chi connectivity index (χ1) is 15.6. The summed E-state index contributed by atoms with van der Waals surface area (Å²) >= 11 is 9.87. The minimum absolute atomic E-state index is 0.136. The second-order valence-corrected chi connectivity index (χ2v) is 8.26. The van der Waals surface area contributed by atoms with Crippen LogP contribution in [-0.2, 0) is 6.54 Å². The van der Waals surface area contributed by atoms with Gasteiger partial charge in [0.1, 0.15) is 5.82 Å². The number of hydrogen-bond acceptors (Lipinski definition) is 5. The van der Waals surface area contributed by atoms with Gasteiger partial charge >= 0.3 is 0 Å². The summed E-state index contributed by atoms with van der Waals surface area (Å²) < 4.78 is 2.48. The number of nitrogens with zero attached hydrogens (tertiary/aromatic N) is 4. The third-order valence-electron chi connectivity index (χ3n) is 4.81. The van der Waals surface area contributed by atoms with Crippen molar-refractivity contribution in [2.45, 2.75) is 6.54 Å². The molecule has 9 heteroatoms. The Morgan fingerprint density at radius 3 is 2.69 bits per heavy atom. The lowest BCUT2D eigenvalue weighted by Gasteiger charge is -2.12. The molecule has 4 rings (SSSR count). The van der Waals surface area contributed by atoms with Gasteiger partial charge in [-0.3, -0.25) is 9.79 Å². The SMILES string of the molecule is C=NCc1ccc(C(=O)NCCNc2cc(-c3ccccc3Cl)nc3c(Br)cnn23)cc1. The predicted octanol–water partition coefficient (Wildman–Crippen LogP) is 4.85. The van der Waals surface area contributed by atoms with E-state index in [4.69, 9.17) is 16.6 Å². The van der Waals surface area contributed by atoms with Crippen molar-refractivity contribution in [2.24, 2.45) is 4.99 Å². The second kappa shape index (κ2) is 9.93. The van der Waals surface area contributed by atoms with Crippen molar-refractivity contribution in [3.63, 3.8) is 0 Å². The smallest absolute Gasteiger partial charge is 0.251 e. The first-order valence-corrected chi connectivity index (χ1v) is 11.1. The van der Waals surface area contributed by atoms with Gasteiger partial charge in [-0.15, -0.1) is 0 Å². The Bertz CT molecular complexity index is 1270. The number of benzene rings is 2. The Hall–Kier alpha value is -3.23. The quantitative estimate of drug-likeness (QED) is 0.261. The molecule has 0 aliphatic carbocycles. The molecule has 0 aliphatic heterocycles. The lowest BCUT2D eigenvalue weighted by atomic mass is 10.1. The van der Waals surface area contributed by atoms with Crippen molar-refractivity contribution >= 4 is 51.6 Å². The summed E-state index contributed by atoms with van der Waals surface area (Å²) in [6, 6.07) is 16.8. The maximum Gasteiger partial charge on any atom is 0.251 e. The molecule has 0 radical (unpaired) electrons. The van der Waals surface area contributed by atoms with Gasteiger partial charge < -0.3 is 10.6 Å². The molecule has 1 amide bonds. The minimum atomic E-state index is -0.136. The van der Waals surface area contributed by atoms with Crippen molar-refractivity contribution < 1.29 is 4.79 Å². The largest absolute Gasteiger partial charge is 0.368 e. The Labute approximate surface area is 198 Å². The van der Waals surface area contributed by atoms with E-state index >= 15 is 0 Å². The molecule has 0 saturated heterocycles. The number of rotatable bonds is 8. The van der Waals surface area contributed by atoms with Crippen LogP contribution in [-0.4, -0.2) is 40.3 Å². The minimum Gasteiger partial charge on any atom is -0.368 e. The van der Waals surface area contributed by atoms with Crippen LogP contribution >= 0.6 is 27.5 Å². The molecule has 0 aliphatic rings. The normalized spacial score (nSPS) is 10.8. The Balaban J connectivity index is 1.45. The monoisotopic (exact) mass is 510 g/mol. The fourth-order valence-corrected chi connectivity index (χ4v) is 3.81. The fourth-order valence-electron chi connectivity index (χ4n) is 3.23. The van der Waals surface area contributed by atoms with Crippen LogP contribution in [0.25, 0.3) is 16.9 Å². The van der Waals surface area contributed by atoms with E-state index in [0.717, 1.165) is 27.1 Å². The average Bonchev–Trinajstić information content (AvgIpc) is 3.18. The van der Waals surface area contributed by atoms with E-state index in [0.29, 0.717) is 35.9 Å². The number of aromatic nitrogens is 3. The third kappa shape index (κ3) is 4.81. The molecule has 2 aromatic carbocycles. The summed E-state index contributed by atoms with van der Waals surface area (Å²) in [5.74, 6) is 0.606. The van der Waals surface area contributed by atoms with E-state index < -0.39 is 0 Å². The van der Waals surface area contributed by atoms with Crippen LogP contribution in [0.2, 0.25) is 5.02 Å². The molecule has 0 bridgehead atoms. The van der Waals surface area contributed by atoms with E-state index in [2.05, 4.69) is 43.4 Å². The van der Waals surface area contributed by atoms with Crippen molar-refractivity contribution in [1.82, 2.24) is 19.9 Å². The Morgan fingerprint density at radius 1 is 1.16 bits per heavy atom. The summed E-state index contributed by atoms with van der Waals surface area (Å²) in [6.45, 7) is 4.95. The van der Waals surface area contributed by atoms with Gasteiger partial charge in [0.15, 0.2) is 5.65 Å². The molecule has 162 valence electrons. The first-order valence-electron chi connectivity index (χ1n) is 9.89. The maximum atomic E-state index is 12.4. The Morgan fingerprint density at radius 2 is 1.94 bits per heavy atom. The highest BCUT2D eigenvalue weighted by atomic mass is 79.9. The zero-order chi connectivity index (χ0) is 22.5. The number of anilines is 1. The van der Waals surface area contributed by atoms with Crippen LogP contribution in [0, 0.1) is 0 Å². The van der Waals surface area contributed by atoms with E-state index in [-0.39, 0.29) is 5.91 Å². The molecule has 2 N–H and O–H groups in total. The molecule has 2 aromatic heterocycles. The molecule has 0 fully saturated rings. The highest BCUT2D eigenvalue weighted by Gasteiger charge is 2.13. The number of aliphatic imine (C=N–C) groups is 1. The highest BCUT2D eigenvalue weighted by Crippen LogP contribution is 2.30. The van der Waals surface area contributed by atoms with E-state index in [1.165, 1.54) is 0 Å². The van der Waals surface area contributed by atoms with Gasteiger partial charge in [0, 0.05) is 35.3 Å². The number of amides is 1. The van der Waals surface area contributed by atoms with Crippen LogP contribution in [0.4, 0.5) is 5.82 Å². The van der Waals surface area contributed by atoms with E-state index in [1.54, 1.807) is 22.8 Å². The molecule has 0 unspecified atom stereocenters. The molecule has 2 heterocycles. The standard InChI is InChI=1S/C23H20BrClN6O/c1-26-13-15-6-8-16(9-7-15)23(32)28-11-10-27-21-12-20(17-4-2-3-5-19(17)25)30-22-18(24)14-29-31(21)22/h2-9,12,14,27H,1,10-11,13H2,(H,28,32). The van der Waals surface area contributed by atoms with Gasteiger partial charge in [-0.1, -0.05) is 41.9 Å². The van der Waals surface area contributed by atoms with Crippen molar-refractivity contribution in [3.05, 3.63) is 81.4 Å². The average molecular weight is 512 g/mol. The van der Waals surface area contributed by atoms with Crippen LogP contribution in [0.5, 0.6) is 0 Å². The van der Waals surface area contributed by atoms with Gasteiger partial charge in [-0.05, 0) is 46.4 Å². The molecule has 4 aromatic rings. The van der Waals surface area contributed by atoms with Gasteiger partial charge in [0.05, 0.1) is 22.9 Å². The molecular weight excluding hydrogens is 492 g/mol.